The average Bonchev–Trinajstić information content (AvgIpc) is 3.60. The third-order valence-electron chi connectivity index (χ3n) is 8.01. The molecule has 14 heteroatoms. The highest BCUT2D eigenvalue weighted by Crippen LogP contribution is 2.29. The molecule has 0 saturated carbocycles. The van der Waals surface area contributed by atoms with Gasteiger partial charge in [-0.3, -0.25) is 4.79 Å². The zero-order chi connectivity index (χ0) is 34.1. The van der Waals surface area contributed by atoms with Crippen LogP contribution in [0.2, 0.25) is 0 Å². The maximum absolute atomic E-state index is 14.3. The van der Waals surface area contributed by atoms with Crippen molar-refractivity contribution in [1.29, 1.82) is 0 Å². The van der Waals surface area contributed by atoms with Crippen LogP contribution >= 0.6 is 11.3 Å². The Morgan fingerprint density at radius 2 is 1.83 bits per heavy atom. The van der Waals surface area contributed by atoms with Crippen molar-refractivity contribution in [3.8, 4) is 5.75 Å². The van der Waals surface area contributed by atoms with E-state index in [1.807, 2.05) is 13.8 Å². The molecule has 3 amide bonds. The highest BCUT2D eigenvalue weighted by Gasteiger charge is 2.32. The van der Waals surface area contributed by atoms with E-state index in [1.54, 1.807) is 36.6 Å². The number of ether oxygens (including phenoxy) is 2. The number of fused-ring (bicyclic) bond motifs is 1. The highest BCUT2D eigenvalue weighted by atomic mass is 32.2. The number of rotatable bonds is 8. The van der Waals surface area contributed by atoms with E-state index in [4.69, 9.17) is 9.47 Å². The Morgan fingerprint density at radius 1 is 1.13 bits per heavy atom. The third-order valence-corrected chi connectivity index (χ3v) is 11.2. The van der Waals surface area contributed by atoms with Crippen LogP contribution in [-0.2, 0) is 14.8 Å². The van der Waals surface area contributed by atoms with Gasteiger partial charge in [0.05, 0.1) is 30.4 Å². The molecule has 1 aromatic heterocycles. The predicted molar refractivity (Wildman–Crippen MR) is 180 cm³/mol. The largest absolute Gasteiger partial charge is 0.490 e. The summed E-state index contributed by atoms with van der Waals surface area (Å²) in [4.78, 5) is 28.6. The van der Waals surface area contributed by atoms with Crippen LogP contribution in [0.3, 0.4) is 0 Å². The number of nitrogens with zero attached hydrogens (tertiary/aromatic N) is 2. The lowest BCUT2D eigenvalue weighted by Crippen LogP contribution is -2.48. The molecule has 256 valence electrons. The van der Waals surface area contributed by atoms with Gasteiger partial charge in [0, 0.05) is 44.0 Å². The van der Waals surface area contributed by atoms with E-state index in [0.29, 0.717) is 30.2 Å². The molecular formula is C33H43FN4O7S2. The molecule has 0 unspecified atom stereocenters. The van der Waals surface area contributed by atoms with Gasteiger partial charge in [-0.25, -0.2) is 17.6 Å². The van der Waals surface area contributed by atoms with Gasteiger partial charge in [-0.2, -0.15) is 4.31 Å². The maximum Gasteiger partial charge on any atom is 0.323 e. The first-order chi connectivity index (χ1) is 22.4. The third kappa shape index (κ3) is 9.73. The monoisotopic (exact) mass is 690 g/mol. The molecule has 4 rings (SSSR count). The summed E-state index contributed by atoms with van der Waals surface area (Å²) >= 11 is 1.14. The van der Waals surface area contributed by atoms with Crippen molar-refractivity contribution >= 4 is 44.7 Å². The van der Waals surface area contributed by atoms with Gasteiger partial charge in [0.2, 0.25) is 0 Å². The molecule has 0 fully saturated rings. The molecule has 3 aromatic rings. The zero-order valence-electron chi connectivity index (χ0n) is 27.0. The zero-order valence-corrected chi connectivity index (χ0v) is 28.7. The number of benzene rings is 2. The number of anilines is 2. The molecule has 47 heavy (non-hydrogen) atoms. The van der Waals surface area contributed by atoms with Gasteiger partial charge in [-0.15, -0.1) is 11.3 Å². The van der Waals surface area contributed by atoms with E-state index >= 15 is 0 Å². The minimum atomic E-state index is -3.73. The number of amides is 3. The first-order valence-electron chi connectivity index (χ1n) is 15.6. The number of aliphatic hydroxyl groups excluding tert-OH is 1. The van der Waals surface area contributed by atoms with E-state index in [2.05, 4.69) is 10.6 Å². The van der Waals surface area contributed by atoms with Gasteiger partial charge in [-0.1, -0.05) is 13.0 Å². The van der Waals surface area contributed by atoms with Crippen molar-refractivity contribution < 1.29 is 37.0 Å². The topological polar surface area (TPSA) is 138 Å². The Bertz CT molecular complexity index is 1590. The van der Waals surface area contributed by atoms with E-state index in [1.165, 1.54) is 46.6 Å². The van der Waals surface area contributed by atoms with Gasteiger partial charge in [0.15, 0.2) is 0 Å². The number of aliphatic hydroxyl groups is 1. The van der Waals surface area contributed by atoms with Crippen LogP contribution in [0.4, 0.5) is 20.6 Å². The molecule has 0 aliphatic carbocycles. The van der Waals surface area contributed by atoms with Crippen molar-refractivity contribution in [2.45, 2.75) is 62.5 Å². The summed E-state index contributed by atoms with van der Waals surface area (Å²) < 4.78 is 53.8. The molecule has 0 saturated heterocycles. The van der Waals surface area contributed by atoms with Crippen molar-refractivity contribution in [3.63, 3.8) is 0 Å². The van der Waals surface area contributed by atoms with Crippen LogP contribution in [0.25, 0.3) is 0 Å². The van der Waals surface area contributed by atoms with Gasteiger partial charge < -0.3 is 30.1 Å². The highest BCUT2D eigenvalue weighted by molar-refractivity contribution is 7.91. The van der Waals surface area contributed by atoms with E-state index in [9.17, 15) is 27.5 Å². The van der Waals surface area contributed by atoms with Gasteiger partial charge >= 0.3 is 6.03 Å². The summed E-state index contributed by atoms with van der Waals surface area (Å²) in [7, 11) is -2.21. The fourth-order valence-corrected chi connectivity index (χ4v) is 7.59. The SMILES string of the molecule is C[C@H](CO)N1C[C@H](C)[C@H](CN(C)S(=O)(=O)c2cccs2)OCCCC[C@H](C)Oc2ccc(NC(=O)Nc3ccc(F)cc3)cc2C1=O. The Hall–Kier alpha value is -3.56. The van der Waals surface area contributed by atoms with Crippen molar-refractivity contribution in [2.75, 3.05) is 44.0 Å². The Balaban J connectivity index is 1.62. The lowest BCUT2D eigenvalue weighted by atomic mass is 10.0. The van der Waals surface area contributed by atoms with Crippen molar-refractivity contribution in [1.82, 2.24) is 9.21 Å². The van der Waals surface area contributed by atoms with Crippen LogP contribution in [-0.4, -0.2) is 86.3 Å². The number of sulfonamides is 1. The number of hydrogen-bond donors (Lipinski definition) is 3. The van der Waals surface area contributed by atoms with E-state index < -0.39 is 39.9 Å². The standard InChI is InChI=1S/C33H43FN4O7S2/c1-22-19-38(23(2)21-39)32(40)28-18-27(36-33(41)35-26-12-10-25(34)11-13-26)14-15-29(28)45-24(3)8-5-6-16-44-30(22)20-37(4)47(42,43)31-9-7-17-46-31/h7,9-15,17-18,22-24,30,39H,5-6,8,16,19-21H2,1-4H3,(H2,35,36,41)/t22-,23+,24-,30-/m0/s1. The molecule has 1 aliphatic heterocycles. The normalized spacial score (nSPS) is 20.5. The summed E-state index contributed by atoms with van der Waals surface area (Å²) in [6.45, 7) is 5.83. The second kappa shape index (κ2) is 16.5. The molecular weight excluding hydrogens is 648 g/mol. The number of hydrogen-bond acceptors (Lipinski definition) is 8. The van der Waals surface area contributed by atoms with E-state index in [0.717, 1.165) is 24.2 Å². The minimum Gasteiger partial charge on any atom is -0.490 e. The van der Waals surface area contributed by atoms with Crippen LogP contribution in [0, 0.1) is 11.7 Å². The number of likely N-dealkylation sites (N-methyl/N-ethyl adjacent to an activating group) is 1. The summed E-state index contributed by atoms with van der Waals surface area (Å²) in [6.07, 6.45) is 1.40. The molecule has 2 aromatic carbocycles. The molecule has 0 bridgehead atoms. The molecule has 11 nitrogen and oxygen atoms in total. The Kier molecular flexibility index (Phi) is 12.7. The summed E-state index contributed by atoms with van der Waals surface area (Å²) in [6, 6.07) is 12.2. The fourth-order valence-electron chi connectivity index (χ4n) is 5.20. The molecule has 4 atom stereocenters. The summed E-state index contributed by atoms with van der Waals surface area (Å²) in [5.41, 5.74) is 0.897. The first-order valence-corrected chi connectivity index (χ1v) is 17.9. The molecule has 0 spiro atoms. The number of carbonyl (C=O) groups is 2. The lowest BCUT2D eigenvalue weighted by molar-refractivity contribution is -0.00832. The van der Waals surface area contributed by atoms with Crippen molar-refractivity contribution in [2.24, 2.45) is 5.92 Å². The summed E-state index contributed by atoms with van der Waals surface area (Å²) in [5.74, 6) is -0.859. The molecule has 2 heterocycles. The van der Waals surface area contributed by atoms with Crippen LogP contribution < -0.4 is 15.4 Å². The smallest absolute Gasteiger partial charge is 0.323 e. The Labute approximate surface area is 279 Å². The molecule has 1 aliphatic rings. The first kappa shape index (κ1) is 36.3. The van der Waals surface area contributed by atoms with Crippen molar-refractivity contribution in [3.05, 3.63) is 71.4 Å². The number of thiophene rings is 1. The van der Waals surface area contributed by atoms with Crippen LogP contribution in [0.15, 0.2) is 64.2 Å². The molecule has 0 radical (unpaired) electrons. The summed E-state index contributed by atoms with van der Waals surface area (Å²) in [5, 5.41) is 17.2. The van der Waals surface area contributed by atoms with E-state index in [-0.39, 0.29) is 41.5 Å². The minimum absolute atomic E-state index is 0.0737. The number of nitrogens with one attached hydrogen (secondary N) is 2. The number of halogens is 1. The molecule has 3 N–H and O–H groups in total. The quantitative estimate of drug-likeness (QED) is 0.278. The second-order valence-corrected chi connectivity index (χ2v) is 15.0. The van der Waals surface area contributed by atoms with Gasteiger partial charge in [-0.05, 0) is 87.0 Å². The van der Waals surface area contributed by atoms with Gasteiger partial charge in [0.25, 0.3) is 15.9 Å². The number of carbonyl (C=O) groups excluding carboxylic acids is 2. The number of urea groups is 1. The van der Waals surface area contributed by atoms with Gasteiger partial charge in [0.1, 0.15) is 15.8 Å². The predicted octanol–water partition coefficient (Wildman–Crippen LogP) is 5.65. The Morgan fingerprint density at radius 3 is 2.51 bits per heavy atom. The lowest BCUT2D eigenvalue weighted by Gasteiger charge is -2.35. The van der Waals surface area contributed by atoms with Crippen LogP contribution in [0.1, 0.15) is 50.4 Å². The maximum atomic E-state index is 14.3. The van der Waals surface area contributed by atoms with Crippen LogP contribution in [0.5, 0.6) is 5.75 Å². The fraction of sp³-hybridized carbons (Fsp3) is 0.455. The average molecular weight is 691 g/mol. The second-order valence-electron chi connectivity index (χ2n) is 11.8.